The molecule has 2 aromatic rings. The molecule has 0 bridgehead atoms. The molecule has 1 heterocycles. The lowest BCUT2D eigenvalue weighted by Crippen LogP contribution is -2.13. The van der Waals surface area contributed by atoms with Crippen LogP contribution < -0.4 is 10.1 Å². The molecule has 0 saturated carbocycles. The summed E-state index contributed by atoms with van der Waals surface area (Å²) in [7, 11) is 1.71. The Hall–Kier alpha value is -1.66. The van der Waals surface area contributed by atoms with Crippen LogP contribution in [0.1, 0.15) is 24.7 Å². The number of aryl methyl sites for hydroxylation is 1. The minimum atomic E-state index is 0.251. The van der Waals surface area contributed by atoms with Gasteiger partial charge in [0.1, 0.15) is 5.75 Å². The molecular formula is C13H18ClN5O. The molecule has 7 heteroatoms. The molecule has 1 N–H and O–H groups in total. The van der Waals surface area contributed by atoms with Crippen molar-refractivity contribution in [1.82, 2.24) is 25.5 Å². The van der Waals surface area contributed by atoms with Gasteiger partial charge in [0.05, 0.1) is 12.1 Å². The number of rotatable bonds is 7. The quantitative estimate of drug-likeness (QED) is 0.791. The third-order valence-corrected chi connectivity index (χ3v) is 2.95. The number of benzene rings is 1. The highest BCUT2D eigenvalue weighted by Gasteiger charge is 2.06. The van der Waals surface area contributed by atoms with E-state index in [9.17, 15) is 0 Å². The Bertz CT molecular complexity index is 557. The summed E-state index contributed by atoms with van der Waals surface area (Å²) in [5.74, 6) is 1.15. The van der Waals surface area contributed by atoms with Gasteiger partial charge < -0.3 is 10.1 Å². The molecule has 20 heavy (non-hydrogen) atoms. The Balaban J connectivity index is 1.92. The number of hydrogen-bond acceptors (Lipinski definition) is 5. The van der Waals surface area contributed by atoms with Gasteiger partial charge >= 0.3 is 0 Å². The molecule has 1 aromatic heterocycles. The predicted octanol–water partition coefficient (Wildman–Crippen LogP) is 1.94. The SMILES string of the molecule is CCCNCc1ccc(OCc2nnn(C)n2)c(Cl)c1. The van der Waals surface area contributed by atoms with Gasteiger partial charge in [0, 0.05) is 6.54 Å². The first-order chi connectivity index (χ1) is 9.69. The third-order valence-electron chi connectivity index (χ3n) is 2.66. The van der Waals surface area contributed by atoms with Crippen LogP contribution in [-0.2, 0) is 20.2 Å². The summed E-state index contributed by atoms with van der Waals surface area (Å²) >= 11 is 6.20. The predicted molar refractivity (Wildman–Crippen MR) is 76.6 cm³/mol. The first-order valence-electron chi connectivity index (χ1n) is 6.54. The molecule has 0 spiro atoms. The van der Waals surface area contributed by atoms with Crippen LogP contribution in [0.25, 0.3) is 0 Å². The normalized spacial score (nSPS) is 10.8. The van der Waals surface area contributed by atoms with Crippen LogP contribution in [0, 0.1) is 0 Å². The fourth-order valence-corrected chi connectivity index (χ4v) is 1.96. The molecular weight excluding hydrogens is 278 g/mol. The Morgan fingerprint density at radius 3 is 2.90 bits per heavy atom. The molecule has 0 aliphatic carbocycles. The van der Waals surface area contributed by atoms with Crippen molar-refractivity contribution in [2.45, 2.75) is 26.5 Å². The standard InChI is InChI=1S/C13H18ClN5O/c1-3-6-15-8-10-4-5-12(11(14)7-10)20-9-13-16-18-19(2)17-13/h4-5,7,15H,3,6,8-9H2,1-2H3. The molecule has 0 atom stereocenters. The van der Waals surface area contributed by atoms with Gasteiger partial charge in [-0.3, -0.25) is 0 Å². The first kappa shape index (κ1) is 14.7. The molecule has 0 fully saturated rings. The van der Waals surface area contributed by atoms with Gasteiger partial charge in [0.2, 0.25) is 5.82 Å². The summed E-state index contributed by atoms with van der Waals surface area (Å²) in [4.78, 5) is 1.39. The number of ether oxygens (including phenoxy) is 1. The van der Waals surface area contributed by atoms with E-state index in [-0.39, 0.29) is 6.61 Å². The molecule has 1 aromatic carbocycles. The van der Waals surface area contributed by atoms with Gasteiger partial charge in [-0.05, 0) is 35.9 Å². The van der Waals surface area contributed by atoms with Crippen LogP contribution in [0.2, 0.25) is 5.02 Å². The highest BCUT2D eigenvalue weighted by atomic mass is 35.5. The Labute approximate surface area is 123 Å². The van der Waals surface area contributed by atoms with Crippen molar-refractivity contribution in [1.29, 1.82) is 0 Å². The van der Waals surface area contributed by atoms with Crippen molar-refractivity contribution >= 4 is 11.6 Å². The van der Waals surface area contributed by atoms with Crippen molar-refractivity contribution in [2.24, 2.45) is 7.05 Å². The average molecular weight is 296 g/mol. The lowest BCUT2D eigenvalue weighted by molar-refractivity contribution is 0.295. The molecule has 0 unspecified atom stereocenters. The molecule has 2 rings (SSSR count). The van der Waals surface area contributed by atoms with Crippen molar-refractivity contribution in [3.63, 3.8) is 0 Å². The maximum absolute atomic E-state index is 6.20. The van der Waals surface area contributed by atoms with Gasteiger partial charge in [-0.2, -0.15) is 4.80 Å². The van der Waals surface area contributed by atoms with E-state index in [2.05, 4.69) is 27.7 Å². The Morgan fingerprint density at radius 2 is 2.25 bits per heavy atom. The van der Waals surface area contributed by atoms with Crippen LogP contribution >= 0.6 is 11.6 Å². The zero-order chi connectivity index (χ0) is 14.4. The zero-order valence-corrected chi connectivity index (χ0v) is 12.4. The van der Waals surface area contributed by atoms with E-state index >= 15 is 0 Å². The minimum absolute atomic E-state index is 0.251. The number of halogens is 1. The van der Waals surface area contributed by atoms with Crippen molar-refractivity contribution in [2.75, 3.05) is 6.54 Å². The van der Waals surface area contributed by atoms with Gasteiger partial charge in [-0.1, -0.05) is 24.6 Å². The molecule has 0 amide bonds. The zero-order valence-electron chi connectivity index (χ0n) is 11.6. The molecule has 0 aliphatic rings. The fraction of sp³-hybridized carbons (Fsp3) is 0.462. The van der Waals surface area contributed by atoms with Crippen LogP contribution in [0.5, 0.6) is 5.75 Å². The maximum Gasteiger partial charge on any atom is 0.212 e. The topological polar surface area (TPSA) is 64.9 Å². The van der Waals surface area contributed by atoms with Crippen LogP contribution in [-0.4, -0.2) is 26.8 Å². The number of hydrogen-bond donors (Lipinski definition) is 1. The van der Waals surface area contributed by atoms with E-state index in [4.69, 9.17) is 16.3 Å². The summed E-state index contributed by atoms with van der Waals surface area (Å²) < 4.78 is 5.59. The van der Waals surface area contributed by atoms with E-state index in [0.29, 0.717) is 16.6 Å². The van der Waals surface area contributed by atoms with Crippen LogP contribution in [0.15, 0.2) is 18.2 Å². The van der Waals surface area contributed by atoms with Crippen molar-refractivity contribution in [3.8, 4) is 5.75 Å². The van der Waals surface area contributed by atoms with Gasteiger partial charge in [0.25, 0.3) is 0 Å². The smallest absolute Gasteiger partial charge is 0.212 e. The van der Waals surface area contributed by atoms with Gasteiger partial charge in [0.15, 0.2) is 6.61 Å². The average Bonchev–Trinajstić information content (AvgIpc) is 2.84. The second-order valence-electron chi connectivity index (χ2n) is 4.43. The number of nitrogens with zero attached hydrogens (tertiary/aromatic N) is 4. The number of aromatic nitrogens is 4. The largest absolute Gasteiger partial charge is 0.484 e. The lowest BCUT2D eigenvalue weighted by Gasteiger charge is -2.08. The minimum Gasteiger partial charge on any atom is -0.484 e. The maximum atomic E-state index is 6.20. The van der Waals surface area contributed by atoms with Crippen molar-refractivity contribution in [3.05, 3.63) is 34.6 Å². The molecule has 0 radical (unpaired) electrons. The molecule has 6 nitrogen and oxygen atoms in total. The highest BCUT2D eigenvalue weighted by Crippen LogP contribution is 2.26. The number of nitrogens with one attached hydrogen (secondary N) is 1. The molecule has 108 valence electrons. The number of tetrazole rings is 1. The summed E-state index contributed by atoms with van der Waals surface area (Å²) in [5.41, 5.74) is 1.13. The second kappa shape index (κ2) is 7.21. The fourth-order valence-electron chi connectivity index (χ4n) is 1.70. The van der Waals surface area contributed by atoms with E-state index in [1.807, 2.05) is 18.2 Å². The highest BCUT2D eigenvalue weighted by molar-refractivity contribution is 6.32. The molecule has 0 saturated heterocycles. The second-order valence-corrected chi connectivity index (χ2v) is 4.83. The third kappa shape index (κ3) is 4.18. The first-order valence-corrected chi connectivity index (χ1v) is 6.91. The summed E-state index contributed by atoms with van der Waals surface area (Å²) in [6.45, 7) is 4.19. The van der Waals surface area contributed by atoms with Crippen LogP contribution in [0.4, 0.5) is 0 Å². The monoisotopic (exact) mass is 295 g/mol. The lowest BCUT2D eigenvalue weighted by atomic mass is 10.2. The summed E-state index contributed by atoms with van der Waals surface area (Å²) in [6, 6.07) is 5.76. The van der Waals surface area contributed by atoms with Crippen molar-refractivity contribution < 1.29 is 4.74 Å². The Kier molecular flexibility index (Phi) is 5.31. The Morgan fingerprint density at radius 1 is 1.40 bits per heavy atom. The summed E-state index contributed by atoms with van der Waals surface area (Å²) in [6.07, 6.45) is 1.11. The molecule has 0 aliphatic heterocycles. The van der Waals surface area contributed by atoms with E-state index < -0.39 is 0 Å². The van der Waals surface area contributed by atoms with E-state index in [1.54, 1.807) is 7.05 Å². The van der Waals surface area contributed by atoms with Gasteiger partial charge in [-0.15, -0.1) is 10.2 Å². The summed E-state index contributed by atoms with van der Waals surface area (Å²) in [5, 5.41) is 15.5. The van der Waals surface area contributed by atoms with Gasteiger partial charge in [-0.25, -0.2) is 0 Å². The van der Waals surface area contributed by atoms with E-state index in [0.717, 1.165) is 25.1 Å². The van der Waals surface area contributed by atoms with E-state index in [1.165, 1.54) is 4.80 Å². The van der Waals surface area contributed by atoms with Crippen LogP contribution in [0.3, 0.4) is 0 Å².